The monoisotopic (exact) mass is 410 g/mol. The number of methoxy groups -OCH3 is 1. The third-order valence-electron chi connectivity index (χ3n) is 5.17. The highest BCUT2D eigenvalue weighted by atomic mass is 16.5. The van der Waals surface area contributed by atoms with Crippen LogP contribution in [0.15, 0.2) is 54.6 Å². The average molecular weight is 411 g/mol. The molecule has 0 bridgehead atoms. The highest BCUT2D eigenvalue weighted by molar-refractivity contribution is 5.94. The van der Waals surface area contributed by atoms with Crippen molar-refractivity contribution in [3.63, 3.8) is 0 Å². The average Bonchev–Trinajstić information content (AvgIpc) is 2.78. The van der Waals surface area contributed by atoms with Crippen LogP contribution >= 0.6 is 0 Å². The maximum atomic E-state index is 12.2. The molecule has 2 N–H and O–H groups in total. The zero-order valence-corrected chi connectivity index (χ0v) is 17.5. The summed E-state index contributed by atoms with van der Waals surface area (Å²) in [5, 5.41) is 5.69. The van der Waals surface area contributed by atoms with Crippen LogP contribution in [0.5, 0.6) is 5.75 Å². The molecule has 3 rings (SSSR count). The molecule has 7 heteroatoms. The van der Waals surface area contributed by atoms with Crippen molar-refractivity contribution in [3.8, 4) is 5.75 Å². The zero-order valence-electron chi connectivity index (χ0n) is 17.5. The van der Waals surface area contributed by atoms with Crippen molar-refractivity contribution in [2.75, 3.05) is 52.9 Å². The van der Waals surface area contributed by atoms with E-state index in [0.29, 0.717) is 30.9 Å². The van der Waals surface area contributed by atoms with E-state index in [2.05, 4.69) is 44.7 Å². The Hall–Kier alpha value is -2.90. The number of benzene rings is 2. The number of ether oxygens (including phenoxy) is 1. The molecule has 160 valence electrons. The molecule has 7 nitrogen and oxygen atoms in total. The summed E-state index contributed by atoms with van der Waals surface area (Å²) in [4.78, 5) is 28.9. The number of nitrogens with one attached hydrogen (secondary N) is 2. The molecule has 0 aliphatic carbocycles. The van der Waals surface area contributed by atoms with Gasteiger partial charge in [0.05, 0.1) is 13.7 Å². The van der Waals surface area contributed by atoms with E-state index in [1.165, 1.54) is 5.56 Å². The van der Waals surface area contributed by atoms with E-state index in [9.17, 15) is 9.59 Å². The Kier molecular flexibility index (Phi) is 8.23. The standard InChI is InChI=1S/C23H30N4O3/c1-30-21-9-7-20(8-10-21)23(29)25-12-11-24-22(28)18-27-15-13-26(14-16-27)17-19-5-3-2-4-6-19/h2-10H,11-18H2,1H3,(H,24,28)(H,25,29). The van der Waals surface area contributed by atoms with Gasteiger partial charge < -0.3 is 15.4 Å². The number of nitrogens with zero attached hydrogens (tertiary/aromatic N) is 2. The minimum absolute atomic E-state index is 0.00907. The minimum Gasteiger partial charge on any atom is -0.497 e. The van der Waals surface area contributed by atoms with Gasteiger partial charge in [-0.15, -0.1) is 0 Å². The van der Waals surface area contributed by atoms with Gasteiger partial charge in [0, 0.05) is 51.4 Å². The van der Waals surface area contributed by atoms with E-state index in [1.807, 2.05) is 6.07 Å². The van der Waals surface area contributed by atoms with Gasteiger partial charge in [-0.1, -0.05) is 30.3 Å². The Morgan fingerprint density at radius 3 is 2.17 bits per heavy atom. The second-order valence-corrected chi connectivity index (χ2v) is 7.37. The maximum absolute atomic E-state index is 12.2. The van der Waals surface area contributed by atoms with E-state index in [4.69, 9.17) is 4.74 Å². The molecular weight excluding hydrogens is 380 g/mol. The largest absolute Gasteiger partial charge is 0.497 e. The molecule has 1 heterocycles. The molecule has 1 aliphatic heterocycles. The Bertz CT molecular complexity index is 803. The lowest BCUT2D eigenvalue weighted by Gasteiger charge is -2.34. The zero-order chi connectivity index (χ0) is 21.2. The Balaban J connectivity index is 1.28. The predicted molar refractivity (Wildman–Crippen MR) is 116 cm³/mol. The molecule has 2 aromatic carbocycles. The van der Waals surface area contributed by atoms with Gasteiger partial charge in [-0.25, -0.2) is 0 Å². The van der Waals surface area contributed by atoms with E-state index in [0.717, 1.165) is 32.7 Å². The smallest absolute Gasteiger partial charge is 0.251 e. The molecule has 30 heavy (non-hydrogen) atoms. The summed E-state index contributed by atoms with van der Waals surface area (Å²) in [6, 6.07) is 17.4. The first-order chi connectivity index (χ1) is 14.6. The molecule has 0 saturated carbocycles. The van der Waals surface area contributed by atoms with Gasteiger partial charge in [-0.05, 0) is 29.8 Å². The van der Waals surface area contributed by atoms with Crippen molar-refractivity contribution >= 4 is 11.8 Å². The molecule has 1 fully saturated rings. The number of carbonyl (C=O) groups is 2. The van der Waals surface area contributed by atoms with Crippen molar-refractivity contribution < 1.29 is 14.3 Å². The Morgan fingerprint density at radius 1 is 0.867 bits per heavy atom. The fourth-order valence-corrected chi connectivity index (χ4v) is 3.43. The maximum Gasteiger partial charge on any atom is 0.251 e. The van der Waals surface area contributed by atoms with Crippen LogP contribution in [0.25, 0.3) is 0 Å². The first kappa shape index (κ1) is 21.8. The number of carbonyl (C=O) groups excluding carboxylic acids is 2. The van der Waals surface area contributed by atoms with Crippen LogP contribution < -0.4 is 15.4 Å². The quantitative estimate of drug-likeness (QED) is 0.611. The summed E-state index contributed by atoms with van der Waals surface area (Å²) in [5.74, 6) is 0.534. The molecule has 2 aromatic rings. The van der Waals surface area contributed by atoms with Crippen LogP contribution in [-0.4, -0.2) is 74.5 Å². The van der Waals surface area contributed by atoms with E-state index < -0.39 is 0 Å². The van der Waals surface area contributed by atoms with Crippen LogP contribution in [0.2, 0.25) is 0 Å². The van der Waals surface area contributed by atoms with Gasteiger partial charge in [-0.2, -0.15) is 0 Å². The van der Waals surface area contributed by atoms with Crippen molar-refractivity contribution in [1.29, 1.82) is 0 Å². The second kappa shape index (κ2) is 11.3. The first-order valence-electron chi connectivity index (χ1n) is 10.3. The van der Waals surface area contributed by atoms with Gasteiger partial charge >= 0.3 is 0 Å². The van der Waals surface area contributed by atoms with E-state index >= 15 is 0 Å². The van der Waals surface area contributed by atoms with Crippen LogP contribution in [-0.2, 0) is 11.3 Å². The minimum atomic E-state index is -0.165. The summed E-state index contributed by atoms with van der Waals surface area (Å²) in [5.41, 5.74) is 1.89. The molecule has 2 amide bonds. The van der Waals surface area contributed by atoms with Crippen molar-refractivity contribution in [2.45, 2.75) is 6.54 Å². The molecule has 0 spiro atoms. The van der Waals surface area contributed by atoms with Crippen molar-refractivity contribution in [3.05, 3.63) is 65.7 Å². The lowest BCUT2D eigenvalue weighted by Crippen LogP contribution is -2.49. The molecule has 0 radical (unpaired) electrons. The third kappa shape index (κ3) is 6.86. The topological polar surface area (TPSA) is 73.9 Å². The van der Waals surface area contributed by atoms with Crippen LogP contribution in [0.3, 0.4) is 0 Å². The van der Waals surface area contributed by atoms with Gasteiger partial charge in [0.25, 0.3) is 5.91 Å². The fraction of sp³-hybridized carbons (Fsp3) is 0.391. The van der Waals surface area contributed by atoms with Gasteiger partial charge in [0.1, 0.15) is 5.75 Å². The lowest BCUT2D eigenvalue weighted by atomic mass is 10.2. The molecule has 1 aliphatic rings. The van der Waals surface area contributed by atoms with Crippen LogP contribution in [0.1, 0.15) is 15.9 Å². The fourth-order valence-electron chi connectivity index (χ4n) is 3.43. The Morgan fingerprint density at radius 2 is 1.50 bits per heavy atom. The molecular formula is C23H30N4O3. The predicted octanol–water partition coefficient (Wildman–Crippen LogP) is 1.36. The van der Waals surface area contributed by atoms with Gasteiger partial charge in [-0.3, -0.25) is 19.4 Å². The first-order valence-corrected chi connectivity index (χ1v) is 10.3. The van der Waals surface area contributed by atoms with E-state index in [1.54, 1.807) is 31.4 Å². The highest BCUT2D eigenvalue weighted by Gasteiger charge is 2.18. The second-order valence-electron chi connectivity index (χ2n) is 7.37. The summed E-state index contributed by atoms with van der Waals surface area (Å²) >= 11 is 0. The molecule has 0 atom stereocenters. The number of rotatable bonds is 9. The van der Waals surface area contributed by atoms with Crippen LogP contribution in [0.4, 0.5) is 0 Å². The lowest BCUT2D eigenvalue weighted by molar-refractivity contribution is -0.122. The number of amides is 2. The molecule has 0 aromatic heterocycles. The SMILES string of the molecule is COc1ccc(C(=O)NCCNC(=O)CN2CCN(Cc3ccccc3)CC2)cc1. The van der Waals surface area contributed by atoms with Crippen molar-refractivity contribution in [1.82, 2.24) is 20.4 Å². The normalized spacial score (nSPS) is 14.8. The summed E-state index contributed by atoms with van der Waals surface area (Å²) in [6.07, 6.45) is 0. The number of hydrogen-bond acceptors (Lipinski definition) is 5. The number of piperazine rings is 1. The van der Waals surface area contributed by atoms with E-state index in [-0.39, 0.29) is 11.8 Å². The summed E-state index contributed by atoms with van der Waals surface area (Å²) < 4.78 is 5.08. The summed E-state index contributed by atoms with van der Waals surface area (Å²) in [7, 11) is 1.59. The number of hydrogen-bond donors (Lipinski definition) is 2. The highest BCUT2D eigenvalue weighted by Crippen LogP contribution is 2.11. The van der Waals surface area contributed by atoms with Crippen molar-refractivity contribution in [2.24, 2.45) is 0 Å². The van der Waals surface area contributed by atoms with Crippen LogP contribution in [0, 0.1) is 0 Å². The molecule has 1 saturated heterocycles. The van der Waals surface area contributed by atoms with Gasteiger partial charge in [0.15, 0.2) is 0 Å². The Labute approximate surface area is 178 Å². The van der Waals surface area contributed by atoms with Gasteiger partial charge in [0.2, 0.25) is 5.91 Å². The third-order valence-corrected chi connectivity index (χ3v) is 5.17. The summed E-state index contributed by atoms with van der Waals surface area (Å²) in [6.45, 7) is 5.83. The molecule has 0 unspecified atom stereocenters.